The van der Waals surface area contributed by atoms with E-state index in [0.29, 0.717) is 59.4 Å². The highest BCUT2D eigenvalue weighted by molar-refractivity contribution is 5.67. The third kappa shape index (κ3) is 20.6. The summed E-state index contributed by atoms with van der Waals surface area (Å²) in [5, 5.41) is 2.60. The van der Waals surface area contributed by atoms with Crippen LogP contribution in [0.25, 0.3) is 0 Å². The average molecular weight is 379 g/mol. The number of carbonyl (C=O) groups is 2. The standard InChI is InChI=1S/C17H33NO8/c1-15(19)25-14-13-24-12-11-23-10-9-22-8-7-21-6-5-18-16(20)26-17(2,3)4/h5-14H2,1-4H3,(H,18,20). The van der Waals surface area contributed by atoms with Gasteiger partial charge in [-0.05, 0) is 20.8 Å². The van der Waals surface area contributed by atoms with Crippen LogP contribution in [0, 0.1) is 0 Å². The molecule has 1 amide bonds. The van der Waals surface area contributed by atoms with Crippen LogP contribution in [0.5, 0.6) is 0 Å². The molecule has 154 valence electrons. The van der Waals surface area contributed by atoms with Gasteiger partial charge in [0.2, 0.25) is 0 Å². The molecule has 0 saturated carbocycles. The van der Waals surface area contributed by atoms with Gasteiger partial charge in [-0.1, -0.05) is 0 Å². The third-order valence-corrected chi connectivity index (χ3v) is 2.56. The lowest BCUT2D eigenvalue weighted by Gasteiger charge is -2.19. The Balaban J connectivity index is 3.16. The Bertz CT molecular complexity index is 370. The summed E-state index contributed by atoms with van der Waals surface area (Å²) in [4.78, 5) is 21.9. The molecule has 1 N–H and O–H groups in total. The van der Waals surface area contributed by atoms with Crippen LogP contribution in [0.3, 0.4) is 0 Å². The largest absolute Gasteiger partial charge is 0.463 e. The maximum Gasteiger partial charge on any atom is 0.407 e. The van der Waals surface area contributed by atoms with Crippen LogP contribution in [0.1, 0.15) is 27.7 Å². The van der Waals surface area contributed by atoms with Crippen LogP contribution in [-0.4, -0.2) is 83.7 Å². The van der Waals surface area contributed by atoms with Gasteiger partial charge in [-0.25, -0.2) is 4.79 Å². The van der Waals surface area contributed by atoms with Gasteiger partial charge < -0.3 is 33.7 Å². The van der Waals surface area contributed by atoms with Gasteiger partial charge in [-0.15, -0.1) is 0 Å². The van der Waals surface area contributed by atoms with E-state index >= 15 is 0 Å². The zero-order valence-electron chi connectivity index (χ0n) is 16.3. The molecule has 0 aliphatic carbocycles. The second kappa shape index (κ2) is 15.8. The Morgan fingerprint density at radius 1 is 0.731 bits per heavy atom. The first-order chi connectivity index (χ1) is 12.3. The van der Waals surface area contributed by atoms with Crippen molar-refractivity contribution < 1.29 is 38.0 Å². The monoisotopic (exact) mass is 379 g/mol. The lowest BCUT2D eigenvalue weighted by atomic mass is 10.2. The van der Waals surface area contributed by atoms with Crippen molar-refractivity contribution in [2.75, 3.05) is 66.0 Å². The first-order valence-corrected chi connectivity index (χ1v) is 8.72. The highest BCUT2D eigenvalue weighted by Gasteiger charge is 2.15. The van der Waals surface area contributed by atoms with E-state index in [-0.39, 0.29) is 12.6 Å². The molecule has 0 spiro atoms. The molecule has 0 aromatic rings. The number of hydrogen-bond donors (Lipinski definition) is 1. The van der Waals surface area contributed by atoms with Gasteiger partial charge in [-0.3, -0.25) is 4.79 Å². The second-order valence-corrected chi connectivity index (χ2v) is 6.22. The number of esters is 1. The molecule has 26 heavy (non-hydrogen) atoms. The van der Waals surface area contributed by atoms with Gasteiger partial charge in [0, 0.05) is 13.5 Å². The Kier molecular flexibility index (Phi) is 14.9. The topological polar surface area (TPSA) is 102 Å². The van der Waals surface area contributed by atoms with Crippen LogP contribution in [-0.2, 0) is 33.2 Å². The fourth-order valence-electron chi connectivity index (χ4n) is 1.55. The SMILES string of the molecule is CC(=O)OCCOCCOCCOCCOCCNC(=O)OC(C)(C)C. The molecule has 0 bridgehead atoms. The average Bonchev–Trinajstić information content (AvgIpc) is 2.52. The number of hydrogen-bond acceptors (Lipinski definition) is 8. The molecule has 0 unspecified atom stereocenters. The van der Waals surface area contributed by atoms with E-state index in [1.165, 1.54) is 6.92 Å². The smallest absolute Gasteiger partial charge is 0.407 e. The molecule has 0 saturated heterocycles. The highest BCUT2D eigenvalue weighted by atomic mass is 16.6. The van der Waals surface area contributed by atoms with Crippen LogP contribution in [0.2, 0.25) is 0 Å². The lowest BCUT2D eigenvalue weighted by Crippen LogP contribution is -2.34. The van der Waals surface area contributed by atoms with E-state index in [1.807, 2.05) is 20.8 Å². The summed E-state index contributed by atoms with van der Waals surface area (Å²) in [5.74, 6) is -0.315. The molecule has 0 atom stereocenters. The summed E-state index contributed by atoms with van der Waals surface area (Å²) in [7, 11) is 0. The minimum absolute atomic E-state index is 0.256. The van der Waals surface area contributed by atoms with Crippen molar-refractivity contribution >= 4 is 12.1 Å². The van der Waals surface area contributed by atoms with Crippen molar-refractivity contribution in [1.82, 2.24) is 5.32 Å². The summed E-state index contributed by atoms with van der Waals surface area (Å²) in [6.07, 6.45) is -0.454. The summed E-state index contributed by atoms with van der Waals surface area (Å²) in [6, 6.07) is 0. The predicted octanol–water partition coefficient (Wildman–Crippen LogP) is 1.14. The van der Waals surface area contributed by atoms with Crippen molar-refractivity contribution in [3.63, 3.8) is 0 Å². The third-order valence-electron chi connectivity index (χ3n) is 2.56. The first-order valence-electron chi connectivity index (χ1n) is 8.72. The quantitative estimate of drug-likeness (QED) is 0.334. The van der Waals surface area contributed by atoms with Crippen LogP contribution in [0.15, 0.2) is 0 Å². The van der Waals surface area contributed by atoms with E-state index in [4.69, 9.17) is 28.4 Å². The van der Waals surface area contributed by atoms with Gasteiger partial charge in [0.1, 0.15) is 12.2 Å². The van der Waals surface area contributed by atoms with Crippen LogP contribution >= 0.6 is 0 Å². The minimum Gasteiger partial charge on any atom is -0.463 e. The Labute approximate surface area is 155 Å². The van der Waals surface area contributed by atoms with E-state index in [1.54, 1.807) is 0 Å². The van der Waals surface area contributed by atoms with Crippen molar-refractivity contribution in [2.24, 2.45) is 0 Å². The zero-order valence-corrected chi connectivity index (χ0v) is 16.3. The van der Waals surface area contributed by atoms with E-state index in [9.17, 15) is 9.59 Å². The number of nitrogens with one attached hydrogen (secondary N) is 1. The minimum atomic E-state index is -0.503. The number of alkyl carbamates (subject to hydrolysis) is 1. The molecule has 0 aliphatic rings. The molecule has 9 heteroatoms. The van der Waals surface area contributed by atoms with Crippen molar-refractivity contribution in [3.05, 3.63) is 0 Å². The Morgan fingerprint density at radius 3 is 1.58 bits per heavy atom. The number of amides is 1. The van der Waals surface area contributed by atoms with E-state index < -0.39 is 11.7 Å². The summed E-state index contributed by atoms with van der Waals surface area (Å²) in [6.45, 7) is 10.9. The molecule has 0 aromatic heterocycles. The van der Waals surface area contributed by atoms with E-state index in [2.05, 4.69) is 5.32 Å². The number of ether oxygens (including phenoxy) is 6. The van der Waals surface area contributed by atoms with Crippen LogP contribution in [0.4, 0.5) is 4.79 Å². The van der Waals surface area contributed by atoms with Gasteiger partial charge in [0.05, 0.1) is 52.9 Å². The lowest BCUT2D eigenvalue weighted by molar-refractivity contribution is -0.142. The molecule has 9 nitrogen and oxygen atoms in total. The maximum atomic E-state index is 11.4. The molecule has 0 heterocycles. The van der Waals surface area contributed by atoms with Crippen molar-refractivity contribution in [2.45, 2.75) is 33.3 Å². The number of carbonyl (C=O) groups excluding carboxylic acids is 2. The first kappa shape index (κ1) is 24.6. The molecule has 0 aromatic carbocycles. The molecular weight excluding hydrogens is 346 g/mol. The van der Waals surface area contributed by atoms with Gasteiger partial charge in [0.15, 0.2) is 0 Å². The molecular formula is C17H33NO8. The number of rotatable bonds is 15. The van der Waals surface area contributed by atoms with Gasteiger partial charge >= 0.3 is 12.1 Å². The summed E-state index contributed by atoms with van der Waals surface area (Å²) in [5.41, 5.74) is -0.503. The van der Waals surface area contributed by atoms with Gasteiger partial charge in [-0.2, -0.15) is 0 Å². The van der Waals surface area contributed by atoms with Crippen molar-refractivity contribution in [3.8, 4) is 0 Å². The van der Waals surface area contributed by atoms with Crippen molar-refractivity contribution in [1.29, 1.82) is 0 Å². The predicted molar refractivity (Wildman–Crippen MR) is 94.1 cm³/mol. The maximum absolute atomic E-state index is 11.4. The second-order valence-electron chi connectivity index (χ2n) is 6.22. The van der Waals surface area contributed by atoms with Crippen LogP contribution < -0.4 is 5.32 Å². The molecule has 0 radical (unpaired) electrons. The zero-order chi connectivity index (χ0) is 19.7. The summed E-state index contributed by atoms with van der Waals surface area (Å²) >= 11 is 0. The normalized spacial score (nSPS) is 11.2. The highest BCUT2D eigenvalue weighted by Crippen LogP contribution is 2.05. The fraction of sp³-hybridized carbons (Fsp3) is 0.882. The molecule has 0 fully saturated rings. The fourth-order valence-corrected chi connectivity index (χ4v) is 1.55. The van der Waals surface area contributed by atoms with Gasteiger partial charge in [0.25, 0.3) is 0 Å². The molecule has 0 rings (SSSR count). The summed E-state index contributed by atoms with van der Waals surface area (Å²) < 4.78 is 31.0. The Hall–Kier alpha value is -1.42. The Morgan fingerprint density at radius 2 is 1.15 bits per heavy atom. The van der Waals surface area contributed by atoms with E-state index in [0.717, 1.165) is 0 Å². The molecule has 0 aliphatic heterocycles.